The van der Waals surface area contributed by atoms with Gasteiger partial charge in [-0.1, -0.05) is 0 Å². The van der Waals surface area contributed by atoms with Crippen LogP contribution in [0.15, 0.2) is 24.5 Å². The zero-order valence-corrected chi connectivity index (χ0v) is 17.9. The third-order valence-electron chi connectivity index (χ3n) is 4.20. The van der Waals surface area contributed by atoms with Gasteiger partial charge in [0.1, 0.15) is 18.8 Å². The van der Waals surface area contributed by atoms with Gasteiger partial charge in [-0.2, -0.15) is 0 Å². The van der Waals surface area contributed by atoms with Gasteiger partial charge < -0.3 is 29.0 Å². The number of nitrogens with one attached hydrogen (secondary N) is 1. The van der Waals surface area contributed by atoms with Crippen molar-refractivity contribution in [2.75, 3.05) is 6.61 Å². The number of nitrogens with zero attached hydrogens (tertiary/aromatic N) is 1. The lowest BCUT2D eigenvalue weighted by molar-refractivity contribution is -0.270. The highest BCUT2D eigenvalue weighted by molar-refractivity contribution is 5.94. The topological polar surface area (TPSA) is 156 Å². The van der Waals surface area contributed by atoms with Crippen LogP contribution in [0, 0.1) is 0 Å². The van der Waals surface area contributed by atoms with Crippen molar-refractivity contribution in [2.24, 2.45) is 0 Å². The monoisotopic (exact) mass is 452 g/mol. The number of hydrogen-bond acceptors (Lipinski definition) is 11. The van der Waals surface area contributed by atoms with Gasteiger partial charge in [0.25, 0.3) is 5.91 Å². The number of carbonyl (C=O) groups is 5. The first kappa shape index (κ1) is 24.7. The van der Waals surface area contributed by atoms with E-state index in [4.69, 9.17) is 23.7 Å². The Labute approximate surface area is 183 Å². The quantitative estimate of drug-likeness (QED) is 0.435. The molecule has 12 heteroatoms. The van der Waals surface area contributed by atoms with Crippen molar-refractivity contribution in [3.8, 4) is 0 Å². The Kier molecular flexibility index (Phi) is 8.64. The summed E-state index contributed by atoms with van der Waals surface area (Å²) in [4.78, 5) is 63.1. The van der Waals surface area contributed by atoms with Crippen molar-refractivity contribution in [3.05, 3.63) is 30.1 Å². The van der Waals surface area contributed by atoms with Gasteiger partial charge >= 0.3 is 23.9 Å². The number of aromatic nitrogens is 1. The average Bonchev–Trinajstić information content (AvgIpc) is 2.70. The molecule has 2 rings (SSSR count). The molecule has 0 aliphatic carbocycles. The maximum Gasteiger partial charge on any atom is 0.305 e. The van der Waals surface area contributed by atoms with E-state index in [1.54, 1.807) is 0 Å². The molecule has 1 aliphatic rings. The van der Waals surface area contributed by atoms with Gasteiger partial charge in [0.15, 0.2) is 12.2 Å². The fourth-order valence-electron chi connectivity index (χ4n) is 3.05. The van der Waals surface area contributed by atoms with E-state index in [0.717, 1.165) is 27.7 Å². The van der Waals surface area contributed by atoms with Crippen LogP contribution < -0.4 is 5.32 Å². The maximum absolute atomic E-state index is 12.7. The second-order valence-electron chi connectivity index (χ2n) is 6.84. The Morgan fingerprint density at radius 2 is 1.56 bits per heavy atom. The third kappa shape index (κ3) is 7.01. The highest BCUT2D eigenvalue weighted by atomic mass is 16.7. The van der Waals surface area contributed by atoms with E-state index in [-0.39, 0.29) is 5.56 Å². The van der Waals surface area contributed by atoms with Crippen molar-refractivity contribution in [1.29, 1.82) is 0 Å². The van der Waals surface area contributed by atoms with E-state index in [1.165, 1.54) is 24.5 Å². The lowest BCUT2D eigenvalue weighted by atomic mass is 9.95. The molecule has 0 saturated carbocycles. The molecule has 1 aromatic heterocycles. The van der Waals surface area contributed by atoms with Crippen LogP contribution in [0.3, 0.4) is 0 Å². The first-order valence-corrected chi connectivity index (χ1v) is 9.59. The average molecular weight is 452 g/mol. The van der Waals surface area contributed by atoms with E-state index in [2.05, 4.69) is 10.3 Å². The molecule has 32 heavy (non-hydrogen) atoms. The highest BCUT2D eigenvalue weighted by Gasteiger charge is 2.52. The molecule has 0 aromatic carbocycles. The Bertz CT molecular complexity index is 859. The molecule has 1 amide bonds. The molecule has 1 aliphatic heterocycles. The van der Waals surface area contributed by atoms with Crippen LogP contribution in [0.25, 0.3) is 0 Å². The van der Waals surface area contributed by atoms with Crippen LogP contribution in [0.5, 0.6) is 0 Å². The number of amides is 1. The largest absolute Gasteiger partial charge is 0.463 e. The summed E-state index contributed by atoms with van der Waals surface area (Å²) in [5, 5.41) is 2.58. The number of carbonyl (C=O) groups excluding carboxylic acids is 5. The molecule has 12 nitrogen and oxygen atoms in total. The van der Waals surface area contributed by atoms with Gasteiger partial charge in [0, 0.05) is 40.1 Å². The van der Waals surface area contributed by atoms with Crippen LogP contribution in [-0.2, 0) is 42.9 Å². The fourth-order valence-corrected chi connectivity index (χ4v) is 3.05. The SMILES string of the molecule is CC(=O)OCC1OC(OC(C)=O)C(NC(=O)c2cccnc2)C(OC(C)=O)C1OC(C)=O. The molecular weight excluding hydrogens is 428 g/mol. The second kappa shape index (κ2) is 11.2. The predicted molar refractivity (Wildman–Crippen MR) is 104 cm³/mol. The Morgan fingerprint density at radius 3 is 2.09 bits per heavy atom. The smallest absolute Gasteiger partial charge is 0.305 e. The summed E-state index contributed by atoms with van der Waals surface area (Å²) in [7, 11) is 0. The molecular formula is C20H24N2O10. The fraction of sp³-hybridized carbons (Fsp3) is 0.500. The number of pyridine rings is 1. The molecule has 5 unspecified atom stereocenters. The molecule has 2 heterocycles. The number of hydrogen-bond donors (Lipinski definition) is 1. The maximum atomic E-state index is 12.7. The number of rotatable bonds is 7. The van der Waals surface area contributed by atoms with Gasteiger partial charge in [-0.05, 0) is 12.1 Å². The number of ether oxygens (including phenoxy) is 5. The minimum atomic E-state index is -1.45. The Morgan fingerprint density at radius 1 is 0.938 bits per heavy atom. The van der Waals surface area contributed by atoms with Crippen LogP contribution in [-0.4, -0.2) is 72.0 Å². The summed E-state index contributed by atoms with van der Waals surface area (Å²) in [6.45, 7) is 4.11. The van der Waals surface area contributed by atoms with E-state index >= 15 is 0 Å². The zero-order valence-electron chi connectivity index (χ0n) is 17.9. The van der Waals surface area contributed by atoms with Gasteiger partial charge in [0.05, 0.1) is 5.56 Å². The standard InChI is InChI=1S/C20H24N2O10/c1-10(23)28-9-15-17(29-11(2)24)18(30-12(3)25)16(20(32-15)31-13(4)26)22-19(27)14-6-5-7-21-8-14/h5-8,15-18,20H,9H2,1-4H3,(H,22,27). The highest BCUT2D eigenvalue weighted by Crippen LogP contribution is 2.28. The molecule has 1 N–H and O–H groups in total. The van der Waals surface area contributed by atoms with E-state index in [0.29, 0.717) is 0 Å². The first-order valence-electron chi connectivity index (χ1n) is 9.59. The summed E-state index contributed by atoms with van der Waals surface area (Å²) in [6.07, 6.45) is -2.47. The van der Waals surface area contributed by atoms with Gasteiger partial charge in [-0.25, -0.2) is 0 Å². The molecule has 0 bridgehead atoms. The van der Waals surface area contributed by atoms with Crippen LogP contribution in [0.2, 0.25) is 0 Å². The summed E-state index contributed by atoms with van der Waals surface area (Å²) < 4.78 is 26.5. The van der Waals surface area contributed by atoms with Crippen molar-refractivity contribution in [1.82, 2.24) is 10.3 Å². The molecule has 0 spiro atoms. The molecule has 1 saturated heterocycles. The minimum Gasteiger partial charge on any atom is -0.463 e. The van der Waals surface area contributed by atoms with Crippen LogP contribution in [0.4, 0.5) is 0 Å². The Hall–Kier alpha value is -3.54. The predicted octanol–water partition coefficient (Wildman–Crippen LogP) is -0.105. The van der Waals surface area contributed by atoms with Gasteiger partial charge in [-0.15, -0.1) is 0 Å². The first-order chi connectivity index (χ1) is 15.1. The van der Waals surface area contributed by atoms with Gasteiger partial charge in [0.2, 0.25) is 6.29 Å². The van der Waals surface area contributed by atoms with E-state index in [1.807, 2.05) is 0 Å². The molecule has 174 valence electrons. The zero-order chi connectivity index (χ0) is 23.8. The van der Waals surface area contributed by atoms with Crippen LogP contribution in [0.1, 0.15) is 38.1 Å². The van der Waals surface area contributed by atoms with Crippen molar-refractivity contribution < 1.29 is 47.7 Å². The summed E-state index contributed by atoms with van der Waals surface area (Å²) in [5.41, 5.74) is 0.168. The third-order valence-corrected chi connectivity index (χ3v) is 4.20. The van der Waals surface area contributed by atoms with Crippen LogP contribution >= 0.6 is 0 Å². The van der Waals surface area contributed by atoms with Crippen molar-refractivity contribution in [3.63, 3.8) is 0 Å². The molecule has 1 aromatic rings. The number of esters is 4. The van der Waals surface area contributed by atoms with Crippen molar-refractivity contribution >= 4 is 29.8 Å². The molecule has 0 radical (unpaired) electrons. The van der Waals surface area contributed by atoms with Gasteiger partial charge in [-0.3, -0.25) is 29.0 Å². The lowest BCUT2D eigenvalue weighted by Gasteiger charge is -2.44. The summed E-state index contributed by atoms with van der Waals surface area (Å²) in [5.74, 6) is -3.54. The summed E-state index contributed by atoms with van der Waals surface area (Å²) >= 11 is 0. The summed E-state index contributed by atoms with van der Waals surface area (Å²) in [6, 6.07) is 1.75. The normalized spacial score (nSPS) is 24.6. The van der Waals surface area contributed by atoms with E-state index < -0.39 is 67.0 Å². The van der Waals surface area contributed by atoms with E-state index in [9.17, 15) is 24.0 Å². The Balaban J connectivity index is 2.44. The lowest BCUT2D eigenvalue weighted by Crippen LogP contribution is -2.67. The van der Waals surface area contributed by atoms with Crippen molar-refractivity contribution in [2.45, 2.75) is 58.3 Å². The second-order valence-corrected chi connectivity index (χ2v) is 6.84. The minimum absolute atomic E-state index is 0.168. The molecule has 1 fully saturated rings. The molecule has 5 atom stereocenters.